The predicted octanol–water partition coefficient (Wildman–Crippen LogP) is 2.20. The molecular formula is C32H48N5O9P. The third-order valence-electron chi connectivity index (χ3n) is 8.14. The van der Waals surface area contributed by atoms with Crippen LogP contribution < -0.4 is 16.0 Å². The highest BCUT2D eigenvalue weighted by atomic mass is 31.2. The van der Waals surface area contributed by atoms with E-state index in [2.05, 4.69) is 16.0 Å². The number of hydrogen-bond acceptors (Lipinski definition) is 8. The van der Waals surface area contributed by atoms with Crippen LogP contribution in [0.3, 0.4) is 0 Å². The van der Waals surface area contributed by atoms with Gasteiger partial charge in [-0.15, -0.1) is 0 Å². The van der Waals surface area contributed by atoms with E-state index in [0.717, 1.165) is 5.56 Å². The Morgan fingerprint density at radius 2 is 1.68 bits per heavy atom. The minimum atomic E-state index is -4.28. The lowest BCUT2D eigenvalue weighted by Gasteiger charge is -2.27. The van der Waals surface area contributed by atoms with Gasteiger partial charge in [0.1, 0.15) is 31.0 Å². The number of likely N-dealkylation sites (tertiary alicyclic amines) is 2. The van der Waals surface area contributed by atoms with E-state index in [9.17, 15) is 38.2 Å². The Hall–Kier alpha value is -3.77. The second-order valence-corrected chi connectivity index (χ2v) is 15.5. The van der Waals surface area contributed by atoms with Gasteiger partial charge in [-0.05, 0) is 43.1 Å². The Labute approximate surface area is 275 Å². The van der Waals surface area contributed by atoms with Gasteiger partial charge in [0.05, 0.1) is 6.42 Å². The van der Waals surface area contributed by atoms with Crippen molar-refractivity contribution in [3.8, 4) is 0 Å². The Kier molecular flexibility index (Phi) is 13.5. The number of carbonyl (C=O) groups excluding carboxylic acids is 6. The molecule has 47 heavy (non-hydrogen) atoms. The summed E-state index contributed by atoms with van der Waals surface area (Å²) in [5.74, 6) is -4.03. The fraction of sp³-hybridized carbons (Fsp3) is 0.625. The molecule has 14 nitrogen and oxygen atoms in total. The number of rotatable bonds is 15. The second-order valence-electron chi connectivity index (χ2n) is 13.1. The van der Waals surface area contributed by atoms with Crippen molar-refractivity contribution in [1.29, 1.82) is 0 Å². The SMILES string of the molecule is CNC(=O)[C@H](CC(C)C)NC(=O)[C@H](CC(C)C)CP(=O)(O)CN1C(=O)C[C@H](NC(=O)[C@H]2CCCN2C(=O)OCc2ccccc2)C1=O. The average molecular weight is 678 g/mol. The summed E-state index contributed by atoms with van der Waals surface area (Å²) >= 11 is 0. The number of ether oxygens (including phenoxy) is 1. The van der Waals surface area contributed by atoms with Crippen molar-refractivity contribution in [3.63, 3.8) is 0 Å². The van der Waals surface area contributed by atoms with Crippen LogP contribution in [0, 0.1) is 17.8 Å². The fourth-order valence-electron chi connectivity index (χ4n) is 5.90. The first kappa shape index (κ1) is 37.7. The average Bonchev–Trinajstić information content (AvgIpc) is 3.60. The van der Waals surface area contributed by atoms with Crippen LogP contribution in [-0.2, 0) is 39.9 Å². The van der Waals surface area contributed by atoms with Crippen LogP contribution in [0.4, 0.5) is 4.79 Å². The van der Waals surface area contributed by atoms with E-state index in [-0.39, 0.29) is 37.3 Å². The van der Waals surface area contributed by atoms with Gasteiger partial charge in [-0.25, -0.2) is 4.79 Å². The standard InChI is InChI=1S/C32H48N5O9P/c1-20(2)14-23(28(39)34-24(15-21(3)4)29(40)33-5)18-47(44,45)19-37-27(38)16-25(31(37)42)35-30(41)26-12-9-13-36(26)32(43)46-17-22-10-7-6-8-11-22/h6-8,10-11,20-21,23-26H,9,12-19H2,1-5H3,(H,33,40)(H,34,39)(H,35,41)(H,44,45)/t23-,24+,25+,26-/m1/s1. The molecule has 2 aliphatic heterocycles. The molecule has 1 unspecified atom stereocenters. The second kappa shape index (κ2) is 16.9. The largest absolute Gasteiger partial charge is 0.445 e. The van der Waals surface area contributed by atoms with E-state index >= 15 is 0 Å². The van der Waals surface area contributed by atoms with Gasteiger partial charge < -0.3 is 25.6 Å². The molecule has 260 valence electrons. The van der Waals surface area contributed by atoms with Crippen molar-refractivity contribution in [1.82, 2.24) is 25.8 Å². The summed E-state index contributed by atoms with van der Waals surface area (Å²) in [6, 6.07) is 6.08. The number of likely N-dealkylation sites (N-methyl/N-ethyl adjacent to an activating group) is 1. The number of imide groups is 1. The Bertz CT molecular complexity index is 1360. The maximum Gasteiger partial charge on any atom is 0.410 e. The Morgan fingerprint density at radius 1 is 1.02 bits per heavy atom. The van der Waals surface area contributed by atoms with Crippen LogP contribution in [0.1, 0.15) is 65.4 Å². The van der Waals surface area contributed by atoms with Crippen molar-refractivity contribution in [2.24, 2.45) is 17.8 Å². The highest BCUT2D eigenvalue weighted by Crippen LogP contribution is 2.45. The molecule has 0 aliphatic carbocycles. The van der Waals surface area contributed by atoms with E-state index in [1.54, 1.807) is 12.1 Å². The fourth-order valence-corrected chi connectivity index (χ4v) is 7.75. The summed E-state index contributed by atoms with van der Waals surface area (Å²) in [7, 11) is -2.82. The van der Waals surface area contributed by atoms with Gasteiger partial charge in [0.25, 0.3) is 5.91 Å². The number of nitrogens with one attached hydrogen (secondary N) is 3. The minimum Gasteiger partial charge on any atom is -0.445 e. The quantitative estimate of drug-likeness (QED) is 0.159. The first-order chi connectivity index (χ1) is 22.1. The lowest BCUT2D eigenvalue weighted by atomic mass is 9.96. The van der Waals surface area contributed by atoms with Crippen molar-refractivity contribution >= 4 is 43.0 Å². The molecule has 1 aromatic rings. The van der Waals surface area contributed by atoms with Crippen molar-refractivity contribution < 1.29 is 43.0 Å². The van der Waals surface area contributed by atoms with Gasteiger partial charge >= 0.3 is 6.09 Å². The molecular weight excluding hydrogens is 629 g/mol. The molecule has 2 heterocycles. The van der Waals surface area contributed by atoms with Crippen molar-refractivity contribution in [2.45, 2.75) is 84.5 Å². The summed E-state index contributed by atoms with van der Waals surface area (Å²) in [4.78, 5) is 90.5. The number of hydrogen-bond donors (Lipinski definition) is 4. The molecule has 3 rings (SSSR count). The summed E-state index contributed by atoms with van der Waals surface area (Å²) in [5, 5.41) is 7.77. The molecule has 2 fully saturated rings. The number of amides is 6. The molecule has 0 radical (unpaired) electrons. The molecule has 2 saturated heterocycles. The highest BCUT2D eigenvalue weighted by Gasteiger charge is 2.45. The summed E-state index contributed by atoms with van der Waals surface area (Å²) in [5.41, 5.74) is 0.785. The zero-order valence-corrected chi connectivity index (χ0v) is 28.7. The number of nitrogens with zero attached hydrogens (tertiary/aromatic N) is 2. The van der Waals surface area contributed by atoms with Crippen LogP contribution in [0.2, 0.25) is 0 Å². The maximum atomic E-state index is 13.4. The lowest BCUT2D eigenvalue weighted by molar-refractivity contribution is -0.139. The molecule has 0 aromatic heterocycles. The highest BCUT2D eigenvalue weighted by molar-refractivity contribution is 7.58. The van der Waals surface area contributed by atoms with Crippen molar-refractivity contribution in [3.05, 3.63) is 35.9 Å². The Morgan fingerprint density at radius 3 is 2.30 bits per heavy atom. The van der Waals surface area contributed by atoms with Crippen LogP contribution in [0.5, 0.6) is 0 Å². The Balaban J connectivity index is 1.62. The topological polar surface area (TPSA) is 192 Å². The van der Waals surface area contributed by atoms with Crippen LogP contribution in [-0.4, -0.2) is 94.5 Å². The van der Waals surface area contributed by atoms with Gasteiger partial charge in [-0.1, -0.05) is 58.0 Å². The van der Waals surface area contributed by atoms with E-state index in [1.807, 2.05) is 45.9 Å². The van der Waals surface area contributed by atoms with Crippen LogP contribution in [0.25, 0.3) is 0 Å². The zero-order valence-electron chi connectivity index (χ0n) is 27.8. The molecule has 2 aliphatic rings. The molecule has 5 atom stereocenters. The first-order valence-electron chi connectivity index (χ1n) is 16.1. The minimum absolute atomic E-state index is 0.0303. The molecule has 6 amide bonds. The van der Waals surface area contributed by atoms with Crippen LogP contribution in [0.15, 0.2) is 30.3 Å². The molecule has 1 aromatic carbocycles. The van der Waals surface area contributed by atoms with Gasteiger partial charge in [0.15, 0.2) is 0 Å². The van der Waals surface area contributed by atoms with E-state index in [0.29, 0.717) is 24.2 Å². The number of benzene rings is 1. The zero-order chi connectivity index (χ0) is 34.9. The molecule has 15 heteroatoms. The van der Waals surface area contributed by atoms with E-state index in [4.69, 9.17) is 4.74 Å². The monoisotopic (exact) mass is 677 g/mol. The predicted molar refractivity (Wildman–Crippen MR) is 173 cm³/mol. The lowest BCUT2D eigenvalue weighted by Crippen LogP contribution is -2.51. The number of carbonyl (C=O) groups is 6. The van der Waals surface area contributed by atoms with Gasteiger partial charge in [0.2, 0.25) is 31.0 Å². The molecule has 0 spiro atoms. The van der Waals surface area contributed by atoms with Crippen LogP contribution >= 0.6 is 7.37 Å². The molecule has 0 bridgehead atoms. The third kappa shape index (κ3) is 10.9. The third-order valence-corrected chi connectivity index (χ3v) is 9.87. The molecule has 0 saturated carbocycles. The summed E-state index contributed by atoms with van der Waals surface area (Å²) in [6.45, 7) is 7.82. The van der Waals surface area contributed by atoms with E-state index in [1.165, 1.54) is 11.9 Å². The summed E-state index contributed by atoms with van der Waals surface area (Å²) in [6.07, 6.45) is -0.904. The van der Waals surface area contributed by atoms with Crippen molar-refractivity contribution in [2.75, 3.05) is 26.0 Å². The van der Waals surface area contributed by atoms with Gasteiger partial charge in [0, 0.05) is 25.7 Å². The van der Waals surface area contributed by atoms with Gasteiger partial charge in [-0.2, -0.15) is 0 Å². The smallest absolute Gasteiger partial charge is 0.410 e. The van der Waals surface area contributed by atoms with Gasteiger partial charge in [-0.3, -0.25) is 38.3 Å². The summed E-state index contributed by atoms with van der Waals surface area (Å²) < 4.78 is 18.8. The maximum absolute atomic E-state index is 13.4. The molecule has 4 N–H and O–H groups in total. The van der Waals surface area contributed by atoms with E-state index < -0.39 is 80.0 Å². The normalized spacial score (nSPS) is 20.6. The first-order valence-corrected chi connectivity index (χ1v) is 18.1.